The largest absolute Gasteiger partial charge is 0.370 e. The number of hydrogen-bond acceptors (Lipinski definition) is 3. The number of ether oxygens (including phenoxy) is 1. The number of nitrogens with zero attached hydrogens (tertiary/aromatic N) is 2. The summed E-state index contributed by atoms with van der Waals surface area (Å²) in [6.45, 7) is 1.70. The Morgan fingerprint density at radius 2 is 2.10 bits per heavy atom. The molecule has 1 aliphatic heterocycles. The van der Waals surface area contributed by atoms with Gasteiger partial charge in [-0.1, -0.05) is 42.1 Å². The Morgan fingerprint density at radius 1 is 1.25 bits per heavy atom. The predicted octanol–water partition coefficient (Wildman–Crippen LogP) is 3.66. The van der Waals surface area contributed by atoms with E-state index in [4.69, 9.17) is 9.84 Å². The van der Waals surface area contributed by atoms with Gasteiger partial charge >= 0.3 is 0 Å². The van der Waals surface area contributed by atoms with E-state index in [1.165, 1.54) is 24.1 Å². The van der Waals surface area contributed by atoms with Crippen molar-refractivity contribution in [1.29, 1.82) is 0 Å². The molecular weight excluding hydrogens is 268 g/mol. The van der Waals surface area contributed by atoms with Gasteiger partial charge in [0.1, 0.15) is 11.1 Å². The van der Waals surface area contributed by atoms with Crippen molar-refractivity contribution in [2.75, 3.05) is 6.61 Å². The number of aromatic nitrogens is 2. The highest BCUT2D eigenvalue weighted by Gasteiger charge is 2.37. The van der Waals surface area contributed by atoms with E-state index >= 15 is 0 Å². The first-order valence-electron chi connectivity index (χ1n) is 7.26. The average Bonchev–Trinajstić information content (AvgIpc) is 3.25. The average molecular weight is 286 g/mol. The topological polar surface area (TPSA) is 27.1 Å². The summed E-state index contributed by atoms with van der Waals surface area (Å²) in [6, 6.07) is 12.8. The van der Waals surface area contributed by atoms with E-state index < -0.39 is 0 Å². The van der Waals surface area contributed by atoms with Crippen molar-refractivity contribution in [2.45, 2.75) is 36.3 Å². The Bertz CT molecular complexity index is 592. The maximum absolute atomic E-state index is 5.93. The summed E-state index contributed by atoms with van der Waals surface area (Å²) in [5.74, 6) is 1.71. The Balaban J connectivity index is 1.49. The van der Waals surface area contributed by atoms with E-state index in [-0.39, 0.29) is 0 Å². The summed E-state index contributed by atoms with van der Waals surface area (Å²) in [5.41, 5.74) is 2.63. The summed E-state index contributed by atoms with van der Waals surface area (Å²) in [7, 11) is 0. The molecule has 1 fully saturated rings. The van der Waals surface area contributed by atoms with Crippen LogP contribution in [0.15, 0.2) is 41.4 Å². The first-order chi connectivity index (χ1) is 9.90. The van der Waals surface area contributed by atoms with E-state index in [0.29, 0.717) is 6.10 Å². The lowest BCUT2D eigenvalue weighted by atomic mass is 10.1. The summed E-state index contributed by atoms with van der Waals surface area (Å²) < 4.78 is 8.09. The van der Waals surface area contributed by atoms with Gasteiger partial charge in [0, 0.05) is 5.75 Å². The summed E-state index contributed by atoms with van der Waals surface area (Å²) in [6.07, 6.45) is 2.91. The molecule has 0 saturated heterocycles. The van der Waals surface area contributed by atoms with Gasteiger partial charge in [-0.3, -0.25) is 4.68 Å². The van der Waals surface area contributed by atoms with Crippen molar-refractivity contribution in [3.63, 3.8) is 0 Å². The van der Waals surface area contributed by atoms with Crippen LogP contribution in [0.3, 0.4) is 0 Å². The zero-order valence-corrected chi connectivity index (χ0v) is 12.2. The van der Waals surface area contributed by atoms with Gasteiger partial charge in [0.25, 0.3) is 0 Å². The van der Waals surface area contributed by atoms with Crippen LogP contribution in [-0.2, 0) is 17.0 Å². The Labute approximate surface area is 123 Å². The quantitative estimate of drug-likeness (QED) is 0.803. The molecule has 20 heavy (non-hydrogen) atoms. The minimum absolute atomic E-state index is 0.294. The minimum atomic E-state index is 0.294. The van der Waals surface area contributed by atoms with E-state index in [2.05, 4.69) is 41.1 Å². The molecule has 4 rings (SSSR count). The first kappa shape index (κ1) is 12.5. The predicted molar refractivity (Wildman–Crippen MR) is 79.6 cm³/mol. The molecule has 1 aromatic carbocycles. The van der Waals surface area contributed by atoms with Crippen LogP contribution >= 0.6 is 11.8 Å². The first-order valence-corrected chi connectivity index (χ1v) is 8.25. The molecule has 0 N–H and O–H groups in total. The molecule has 2 aromatic rings. The fraction of sp³-hybridized carbons (Fsp3) is 0.438. The van der Waals surface area contributed by atoms with Crippen molar-refractivity contribution >= 4 is 11.8 Å². The molecule has 0 amide bonds. The zero-order valence-electron chi connectivity index (χ0n) is 11.4. The van der Waals surface area contributed by atoms with Crippen molar-refractivity contribution in [1.82, 2.24) is 9.78 Å². The van der Waals surface area contributed by atoms with Gasteiger partial charge in [-0.25, -0.2) is 0 Å². The van der Waals surface area contributed by atoms with Crippen LogP contribution in [0.5, 0.6) is 0 Å². The Kier molecular flexibility index (Phi) is 3.28. The maximum atomic E-state index is 5.93. The van der Waals surface area contributed by atoms with Crippen LogP contribution in [0, 0.1) is 5.92 Å². The van der Waals surface area contributed by atoms with Crippen molar-refractivity contribution in [2.24, 2.45) is 5.92 Å². The summed E-state index contributed by atoms with van der Waals surface area (Å²) in [4.78, 5) is 0. The maximum Gasteiger partial charge on any atom is 0.119 e. The van der Waals surface area contributed by atoms with E-state index in [9.17, 15) is 0 Å². The molecule has 1 saturated carbocycles. The molecular formula is C16H18N2OS. The van der Waals surface area contributed by atoms with Gasteiger partial charge < -0.3 is 4.74 Å². The van der Waals surface area contributed by atoms with Crippen molar-refractivity contribution in [3.8, 4) is 0 Å². The lowest BCUT2D eigenvalue weighted by Crippen LogP contribution is -2.23. The smallest absolute Gasteiger partial charge is 0.119 e. The molecule has 0 spiro atoms. The van der Waals surface area contributed by atoms with Crippen LogP contribution in [0.2, 0.25) is 0 Å². The Morgan fingerprint density at radius 3 is 2.90 bits per heavy atom. The van der Waals surface area contributed by atoms with Gasteiger partial charge in [-0.15, -0.1) is 0 Å². The number of fused-ring (bicyclic) bond motifs is 1. The van der Waals surface area contributed by atoms with Crippen LogP contribution in [0.1, 0.15) is 30.2 Å². The zero-order chi connectivity index (χ0) is 13.4. The summed E-state index contributed by atoms with van der Waals surface area (Å²) in [5, 5.41) is 5.85. The van der Waals surface area contributed by atoms with Crippen LogP contribution in [0.25, 0.3) is 0 Å². The van der Waals surface area contributed by atoms with Crippen LogP contribution in [-0.4, -0.2) is 16.4 Å². The molecule has 2 heterocycles. The summed E-state index contributed by atoms with van der Waals surface area (Å²) >= 11 is 1.81. The second-order valence-corrected chi connectivity index (χ2v) is 6.53. The standard InChI is InChI=1S/C16H18N2OS/c1-2-4-12(5-3-1)11-20-15-10-14-16(13-6-7-13)19-9-8-18(14)17-15/h1-5,10,13,16H,6-9,11H2. The lowest BCUT2D eigenvalue weighted by molar-refractivity contribution is 0.00273. The second-order valence-electron chi connectivity index (χ2n) is 5.53. The molecule has 1 atom stereocenters. The van der Waals surface area contributed by atoms with Gasteiger partial charge in [-0.2, -0.15) is 5.10 Å². The number of thioether (sulfide) groups is 1. The fourth-order valence-electron chi connectivity index (χ4n) is 2.74. The molecule has 104 valence electrons. The number of rotatable bonds is 4. The molecule has 2 aliphatic rings. The van der Waals surface area contributed by atoms with Gasteiger partial charge in [-0.05, 0) is 30.4 Å². The highest BCUT2D eigenvalue weighted by molar-refractivity contribution is 7.98. The monoisotopic (exact) mass is 286 g/mol. The second kappa shape index (κ2) is 5.26. The molecule has 1 unspecified atom stereocenters. The lowest BCUT2D eigenvalue weighted by Gasteiger charge is -2.23. The number of benzene rings is 1. The van der Waals surface area contributed by atoms with Gasteiger partial charge in [0.15, 0.2) is 0 Å². The normalized spacial score (nSPS) is 21.7. The van der Waals surface area contributed by atoms with E-state index in [1.807, 2.05) is 11.8 Å². The third-order valence-electron chi connectivity index (χ3n) is 3.96. The Hall–Kier alpha value is -1.26. The molecule has 4 heteroatoms. The highest BCUT2D eigenvalue weighted by atomic mass is 32.2. The van der Waals surface area contributed by atoms with Crippen LogP contribution < -0.4 is 0 Å². The highest BCUT2D eigenvalue weighted by Crippen LogP contribution is 2.45. The van der Waals surface area contributed by atoms with Crippen molar-refractivity contribution in [3.05, 3.63) is 47.7 Å². The van der Waals surface area contributed by atoms with Gasteiger partial charge in [0.2, 0.25) is 0 Å². The van der Waals surface area contributed by atoms with Crippen molar-refractivity contribution < 1.29 is 4.74 Å². The third-order valence-corrected chi connectivity index (χ3v) is 4.93. The minimum Gasteiger partial charge on any atom is -0.370 e. The third kappa shape index (κ3) is 2.50. The van der Waals surface area contributed by atoms with E-state index in [1.54, 1.807) is 0 Å². The molecule has 1 aliphatic carbocycles. The molecule has 1 aromatic heterocycles. The van der Waals surface area contributed by atoms with E-state index in [0.717, 1.165) is 29.8 Å². The van der Waals surface area contributed by atoms with Crippen LogP contribution in [0.4, 0.5) is 0 Å². The molecule has 0 radical (unpaired) electrons. The molecule has 0 bridgehead atoms. The SMILES string of the molecule is c1ccc(CSc2cc3n(n2)CCOC3C2CC2)cc1. The van der Waals surface area contributed by atoms with Gasteiger partial charge in [0.05, 0.1) is 18.8 Å². The molecule has 3 nitrogen and oxygen atoms in total. The fourth-order valence-corrected chi connectivity index (χ4v) is 3.61. The number of hydrogen-bond donors (Lipinski definition) is 0.